The molecule has 2 bridgehead atoms. The Kier molecular flexibility index (Phi) is 3.06. The van der Waals surface area contributed by atoms with Crippen molar-refractivity contribution in [3.63, 3.8) is 0 Å². The first kappa shape index (κ1) is 16.1. The van der Waals surface area contributed by atoms with Gasteiger partial charge in [0.1, 0.15) is 9.75 Å². The zero-order valence-corrected chi connectivity index (χ0v) is 14.8. The lowest BCUT2D eigenvalue weighted by molar-refractivity contribution is -0.153. The van der Waals surface area contributed by atoms with E-state index < -0.39 is 35.8 Å². The lowest BCUT2D eigenvalue weighted by atomic mass is 9.82. The molecule has 1 aliphatic heterocycles. The molecule has 3 nitrogen and oxygen atoms in total. The Labute approximate surface area is 152 Å². The van der Waals surface area contributed by atoms with E-state index in [1.165, 1.54) is 0 Å². The maximum atomic E-state index is 12.0. The average molecular weight is 440 g/mol. The Morgan fingerprint density at radius 1 is 0.650 bits per heavy atom. The highest BCUT2D eigenvalue weighted by atomic mass is 35.5. The van der Waals surface area contributed by atoms with Gasteiger partial charge in [0.25, 0.3) is 0 Å². The van der Waals surface area contributed by atoms with Gasteiger partial charge in [0, 0.05) is 0 Å². The van der Waals surface area contributed by atoms with Crippen LogP contribution in [0.3, 0.4) is 0 Å². The third kappa shape index (κ3) is 1.04. The Morgan fingerprint density at radius 3 is 1.25 bits per heavy atom. The van der Waals surface area contributed by atoms with E-state index in [1.54, 1.807) is 0 Å². The smallest absolute Gasteiger partial charge is 0.339 e. The van der Waals surface area contributed by atoms with Crippen molar-refractivity contribution in [3.05, 3.63) is 10.1 Å². The van der Waals surface area contributed by atoms with Crippen molar-refractivity contribution < 1.29 is 14.3 Å². The first-order chi connectivity index (χ1) is 8.86. The van der Waals surface area contributed by atoms with Crippen molar-refractivity contribution in [2.45, 2.75) is 23.8 Å². The van der Waals surface area contributed by atoms with E-state index in [2.05, 4.69) is 4.74 Å². The molecule has 1 saturated carbocycles. The van der Waals surface area contributed by atoms with Gasteiger partial charge in [-0.15, -0.1) is 46.4 Å². The van der Waals surface area contributed by atoms with Crippen molar-refractivity contribution in [3.8, 4) is 0 Å². The molecule has 4 atom stereocenters. The molecular formula is C9Cl8O3. The van der Waals surface area contributed by atoms with E-state index in [4.69, 9.17) is 92.8 Å². The molecule has 20 heavy (non-hydrogen) atoms. The van der Waals surface area contributed by atoms with Crippen LogP contribution in [0.25, 0.3) is 0 Å². The number of halogens is 8. The minimum Gasteiger partial charge on any atom is -0.390 e. The lowest BCUT2D eigenvalue weighted by Gasteiger charge is -2.39. The summed E-state index contributed by atoms with van der Waals surface area (Å²) in [5, 5.41) is -0.725. The fourth-order valence-corrected chi connectivity index (χ4v) is 7.23. The van der Waals surface area contributed by atoms with Gasteiger partial charge in [-0.3, -0.25) is 0 Å². The highest BCUT2D eigenvalue weighted by Crippen LogP contribution is 2.83. The second-order valence-corrected chi connectivity index (χ2v) is 8.86. The summed E-state index contributed by atoms with van der Waals surface area (Å²) in [7, 11) is 0. The number of rotatable bonds is 0. The quantitative estimate of drug-likeness (QED) is 0.327. The number of carbonyl (C=O) groups excluding carboxylic acids is 2. The maximum absolute atomic E-state index is 12.0. The van der Waals surface area contributed by atoms with Crippen molar-refractivity contribution in [2.75, 3.05) is 0 Å². The predicted octanol–water partition coefficient (Wildman–Crippen LogP) is 3.87. The van der Waals surface area contributed by atoms with E-state index >= 15 is 0 Å². The molecule has 2 fully saturated rings. The van der Waals surface area contributed by atoms with E-state index in [0.717, 1.165) is 0 Å². The van der Waals surface area contributed by atoms with Gasteiger partial charge in [-0.05, 0) is 0 Å². The normalized spacial score (nSPS) is 52.6. The number of alkyl halides is 6. The van der Waals surface area contributed by atoms with Crippen molar-refractivity contribution in [1.29, 1.82) is 0 Å². The summed E-state index contributed by atoms with van der Waals surface area (Å²) in [6.07, 6.45) is 0. The first-order valence-corrected chi connectivity index (χ1v) is 7.85. The van der Waals surface area contributed by atoms with Crippen LogP contribution < -0.4 is 0 Å². The Hall–Kier alpha value is 1.20. The third-order valence-electron chi connectivity index (χ3n) is 3.83. The van der Waals surface area contributed by atoms with E-state index in [0.29, 0.717) is 0 Å². The van der Waals surface area contributed by atoms with E-state index in [9.17, 15) is 9.59 Å². The van der Waals surface area contributed by atoms with Crippen LogP contribution in [0.4, 0.5) is 0 Å². The van der Waals surface area contributed by atoms with E-state index in [1.807, 2.05) is 0 Å². The Balaban J connectivity index is 2.54. The van der Waals surface area contributed by atoms with Crippen LogP contribution in [0.15, 0.2) is 10.1 Å². The summed E-state index contributed by atoms with van der Waals surface area (Å²) in [5.74, 6) is -2.49. The maximum Gasteiger partial charge on any atom is 0.339 e. The van der Waals surface area contributed by atoms with Gasteiger partial charge in [0.2, 0.25) is 9.75 Å². The van der Waals surface area contributed by atoms with Gasteiger partial charge >= 0.3 is 11.9 Å². The molecule has 0 spiro atoms. The molecule has 0 aromatic heterocycles. The van der Waals surface area contributed by atoms with Crippen LogP contribution >= 0.6 is 92.8 Å². The number of cyclic esters (lactones) is 2. The van der Waals surface area contributed by atoms with Crippen LogP contribution in [-0.2, 0) is 14.3 Å². The second kappa shape index (κ2) is 3.81. The average Bonchev–Trinajstić information content (AvgIpc) is 2.65. The number of hydrogen-bond acceptors (Lipinski definition) is 3. The molecule has 3 aliphatic rings. The summed E-state index contributed by atoms with van der Waals surface area (Å²) >= 11 is 49.5. The van der Waals surface area contributed by atoms with Crippen LogP contribution in [0.5, 0.6) is 0 Å². The summed E-state index contributed by atoms with van der Waals surface area (Å²) in [6, 6.07) is 0. The molecule has 0 aromatic rings. The Bertz CT molecular complexity index is 567. The SMILES string of the molecule is O=C1OC(=O)C2(Cl)C3(Cl)C(Cl)=C(Cl)C(Cl)(C3(Cl)Cl)C12Cl. The zero-order chi connectivity index (χ0) is 15.5. The highest BCUT2D eigenvalue weighted by Gasteiger charge is 3.00. The van der Waals surface area contributed by atoms with E-state index in [-0.39, 0.29) is 10.1 Å². The van der Waals surface area contributed by atoms with Crippen molar-refractivity contribution >= 4 is 105 Å². The standard InChI is InChI=1S/C9Cl8O3/c10-1-2(11)6(13)8(15)4(19)20-3(18)7(8,14)5(1,12)9(6,16)17. The summed E-state index contributed by atoms with van der Waals surface area (Å²) in [5.41, 5.74) is 0. The number of carbonyl (C=O) groups is 2. The number of allylic oxidation sites excluding steroid dienone is 2. The highest BCUT2D eigenvalue weighted by molar-refractivity contribution is 6.74. The zero-order valence-electron chi connectivity index (χ0n) is 8.75. The molecule has 2 aliphatic carbocycles. The topological polar surface area (TPSA) is 43.4 Å². The second-order valence-electron chi connectivity index (χ2n) is 4.51. The number of hydrogen-bond donors (Lipinski definition) is 0. The predicted molar refractivity (Wildman–Crippen MR) is 78.6 cm³/mol. The fraction of sp³-hybridized carbons (Fsp3) is 0.556. The number of esters is 2. The van der Waals surface area contributed by atoms with Gasteiger partial charge in [-0.1, -0.05) is 46.4 Å². The van der Waals surface area contributed by atoms with Crippen LogP contribution in [0.2, 0.25) is 0 Å². The molecule has 0 radical (unpaired) electrons. The third-order valence-corrected chi connectivity index (χ3v) is 9.84. The summed E-state index contributed by atoms with van der Waals surface area (Å²) in [6.45, 7) is 0. The monoisotopic (exact) mass is 436 g/mol. The number of fused-ring (bicyclic) bond motifs is 5. The minimum atomic E-state index is -2.40. The molecule has 0 aromatic carbocycles. The van der Waals surface area contributed by atoms with Gasteiger partial charge in [-0.25, -0.2) is 9.59 Å². The van der Waals surface area contributed by atoms with Crippen molar-refractivity contribution in [1.82, 2.24) is 0 Å². The molecule has 11 heteroatoms. The largest absolute Gasteiger partial charge is 0.390 e. The molecular weight excluding hydrogens is 440 g/mol. The van der Waals surface area contributed by atoms with Crippen LogP contribution in [0.1, 0.15) is 0 Å². The summed E-state index contributed by atoms with van der Waals surface area (Å²) in [4.78, 5) is 14.8. The molecule has 1 saturated heterocycles. The fourth-order valence-electron chi connectivity index (χ4n) is 2.81. The van der Waals surface area contributed by atoms with Crippen LogP contribution in [0, 0.1) is 0 Å². The molecule has 4 unspecified atom stereocenters. The van der Waals surface area contributed by atoms with Gasteiger partial charge < -0.3 is 4.74 Å². The molecule has 0 amide bonds. The molecule has 0 N–H and O–H groups in total. The van der Waals surface area contributed by atoms with Gasteiger partial charge in [0.15, 0.2) is 4.33 Å². The number of ether oxygens (including phenoxy) is 1. The minimum absolute atomic E-state index is 0.362. The molecule has 1 heterocycles. The summed E-state index contributed by atoms with van der Waals surface area (Å²) < 4.78 is 2.24. The molecule has 110 valence electrons. The van der Waals surface area contributed by atoms with Crippen molar-refractivity contribution in [2.24, 2.45) is 0 Å². The lowest BCUT2D eigenvalue weighted by Crippen LogP contribution is -2.62. The van der Waals surface area contributed by atoms with Gasteiger partial charge in [-0.2, -0.15) is 0 Å². The Morgan fingerprint density at radius 2 is 0.950 bits per heavy atom. The molecule has 3 rings (SSSR count). The van der Waals surface area contributed by atoms with Crippen LogP contribution in [-0.4, -0.2) is 35.8 Å². The van der Waals surface area contributed by atoms with Gasteiger partial charge in [0.05, 0.1) is 10.1 Å². The first-order valence-electron chi connectivity index (χ1n) is 4.83.